The number of carbonyl (C=O) groups excluding carboxylic acids is 1. The molecule has 1 aliphatic carbocycles. The van der Waals surface area contributed by atoms with Crippen molar-refractivity contribution in [3.63, 3.8) is 0 Å². The summed E-state index contributed by atoms with van der Waals surface area (Å²) in [5.41, 5.74) is -0.462. The number of nitrogens with zero attached hydrogens (tertiary/aromatic N) is 2. The van der Waals surface area contributed by atoms with E-state index in [1.54, 1.807) is 11.9 Å². The maximum atomic E-state index is 12.2. The van der Waals surface area contributed by atoms with Gasteiger partial charge in [-0.15, -0.1) is 24.0 Å². The van der Waals surface area contributed by atoms with Crippen LogP contribution in [0.15, 0.2) is 4.99 Å². The Morgan fingerprint density at radius 1 is 1.25 bits per heavy atom. The number of nitrogens with one attached hydrogen (secondary N) is 2. The van der Waals surface area contributed by atoms with Gasteiger partial charge in [0, 0.05) is 32.7 Å². The van der Waals surface area contributed by atoms with Crippen LogP contribution in [-0.4, -0.2) is 55.3 Å². The molecule has 0 unspecified atom stereocenters. The molecule has 1 amide bonds. The van der Waals surface area contributed by atoms with Crippen LogP contribution in [-0.2, 0) is 4.74 Å². The maximum absolute atomic E-state index is 12.2. The second-order valence-corrected chi connectivity index (χ2v) is 7.09. The molecule has 0 heterocycles. The van der Waals surface area contributed by atoms with E-state index in [1.807, 2.05) is 20.8 Å². The number of carbonyl (C=O) groups is 1. The van der Waals surface area contributed by atoms with Gasteiger partial charge in [-0.2, -0.15) is 0 Å². The van der Waals surface area contributed by atoms with Gasteiger partial charge in [-0.1, -0.05) is 19.8 Å². The Labute approximate surface area is 164 Å². The highest BCUT2D eigenvalue weighted by Crippen LogP contribution is 2.17. The van der Waals surface area contributed by atoms with E-state index in [2.05, 4.69) is 22.5 Å². The zero-order valence-corrected chi connectivity index (χ0v) is 18.2. The predicted molar refractivity (Wildman–Crippen MR) is 110 cm³/mol. The molecule has 24 heavy (non-hydrogen) atoms. The molecule has 2 N–H and O–H groups in total. The number of guanidine groups is 1. The van der Waals surface area contributed by atoms with Gasteiger partial charge >= 0.3 is 6.09 Å². The molecule has 142 valence electrons. The van der Waals surface area contributed by atoms with Gasteiger partial charge in [-0.05, 0) is 40.0 Å². The summed E-state index contributed by atoms with van der Waals surface area (Å²) >= 11 is 0. The minimum atomic E-state index is -0.462. The van der Waals surface area contributed by atoms with Crippen LogP contribution in [0.5, 0.6) is 0 Å². The molecule has 6 nitrogen and oxygen atoms in total. The highest BCUT2D eigenvalue weighted by atomic mass is 127. The molecular weight excluding hydrogens is 419 g/mol. The fourth-order valence-electron chi connectivity index (χ4n) is 2.66. The van der Waals surface area contributed by atoms with Crippen molar-refractivity contribution in [3.05, 3.63) is 0 Å². The Morgan fingerprint density at radius 3 is 2.38 bits per heavy atom. The number of amides is 1. The first-order valence-electron chi connectivity index (χ1n) is 8.81. The SMILES string of the molecule is CCCN(CCNC(=NC)NC1CCCC1)C(=O)OC(C)(C)C.I. The van der Waals surface area contributed by atoms with Crippen molar-refractivity contribution in [2.24, 2.45) is 4.99 Å². The summed E-state index contributed by atoms with van der Waals surface area (Å²) in [6.45, 7) is 9.69. The lowest BCUT2D eigenvalue weighted by atomic mass is 10.2. The van der Waals surface area contributed by atoms with Gasteiger partial charge in [0.1, 0.15) is 5.60 Å². The summed E-state index contributed by atoms with van der Waals surface area (Å²) in [6.07, 6.45) is 5.66. The summed E-state index contributed by atoms with van der Waals surface area (Å²) in [4.78, 5) is 18.2. The largest absolute Gasteiger partial charge is 0.444 e. The smallest absolute Gasteiger partial charge is 0.410 e. The Hall–Kier alpha value is -0.730. The first-order chi connectivity index (χ1) is 10.9. The van der Waals surface area contributed by atoms with Crippen LogP contribution in [0, 0.1) is 0 Å². The molecule has 0 bridgehead atoms. The molecule has 0 radical (unpaired) electrons. The maximum Gasteiger partial charge on any atom is 0.410 e. The van der Waals surface area contributed by atoms with Gasteiger partial charge in [-0.25, -0.2) is 4.79 Å². The van der Waals surface area contributed by atoms with Gasteiger partial charge in [0.25, 0.3) is 0 Å². The molecule has 0 aromatic heterocycles. The summed E-state index contributed by atoms with van der Waals surface area (Å²) in [7, 11) is 1.78. The van der Waals surface area contributed by atoms with Gasteiger partial charge in [-0.3, -0.25) is 4.99 Å². The van der Waals surface area contributed by atoms with E-state index in [9.17, 15) is 4.79 Å². The van der Waals surface area contributed by atoms with Crippen molar-refractivity contribution >= 4 is 36.0 Å². The first kappa shape index (κ1) is 23.3. The average molecular weight is 454 g/mol. The fourth-order valence-corrected chi connectivity index (χ4v) is 2.66. The second-order valence-electron chi connectivity index (χ2n) is 7.09. The molecule has 0 aliphatic heterocycles. The minimum absolute atomic E-state index is 0. The highest BCUT2D eigenvalue weighted by molar-refractivity contribution is 14.0. The summed E-state index contributed by atoms with van der Waals surface area (Å²) in [5.74, 6) is 0.817. The molecule has 0 spiro atoms. The van der Waals surface area contributed by atoms with Gasteiger partial charge in [0.2, 0.25) is 0 Å². The topological polar surface area (TPSA) is 66.0 Å². The number of aliphatic imine (C=N–C) groups is 1. The van der Waals surface area contributed by atoms with Crippen molar-refractivity contribution in [3.8, 4) is 0 Å². The lowest BCUT2D eigenvalue weighted by molar-refractivity contribution is 0.0253. The third kappa shape index (κ3) is 9.54. The third-order valence-electron chi connectivity index (χ3n) is 3.74. The molecule has 1 rings (SSSR count). The quantitative estimate of drug-likeness (QED) is 0.367. The van der Waals surface area contributed by atoms with Crippen molar-refractivity contribution in [1.82, 2.24) is 15.5 Å². The third-order valence-corrected chi connectivity index (χ3v) is 3.74. The van der Waals surface area contributed by atoms with Gasteiger partial charge in [0.05, 0.1) is 0 Å². The van der Waals surface area contributed by atoms with Crippen LogP contribution in [0.1, 0.15) is 59.8 Å². The van der Waals surface area contributed by atoms with E-state index in [0.717, 1.165) is 12.4 Å². The minimum Gasteiger partial charge on any atom is -0.444 e. The molecule has 0 atom stereocenters. The lowest BCUT2D eigenvalue weighted by Gasteiger charge is -2.27. The van der Waals surface area contributed by atoms with E-state index < -0.39 is 5.60 Å². The molecule has 7 heteroatoms. The number of ether oxygens (including phenoxy) is 1. The Bertz CT molecular complexity index is 391. The van der Waals surface area contributed by atoms with E-state index >= 15 is 0 Å². The van der Waals surface area contributed by atoms with Crippen LogP contribution >= 0.6 is 24.0 Å². The van der Waals surface area contributed by atoms with Gasteiger partial charge in [0.15, 0.2) is 5.96 Å². The summed E-state index contributed by atoms with van der Waals surface area (Å²) in [6, 6.07) is 0.527. The predicted octanol–water partition coefficient (Wildman–Crippen LogP) is 3.36. The molecule has 1 fully saturated rings. The Balaban J connectivity index is 0.00000529. The zero-order chi connectivity index (χ0) is 17.3. The van der Waals surface area contributed by atoms with Crippen LogP contribution in [0.3, 0.4) is 0 Å². The second kappa shape index (κ2) is 11.8. The Morgan fingerprint density at radius 2 is 1.88 bits per heavy atom. The van der Waals surface area contributed by atoms with Crippen LogP contribution in [0.4, 0.5) is 4.79 Å². The molecule has 1 aliphatic rings. The summed E-state index contributed by atoms with van der Waals surface area (Å²) in [5, 5.41) is 6.74. The van der Waals surface area contributed by atoms with Crippen molar-refractivity contribution in [1.29, 1.82) is 0 Å². The van der Waals surface area contributed by atoms with E-state index in [0.29, 0.717) is 25.7 Å². The highest BCUT2D eigenvalue weighted by Gasteiger charge is 2.21. The van der Waals surface area contributed by atoms with Gasteiger partial charge < -0.3 is 20.3 Å². The standard InChI is InChI=1S/C17H34N4O2.HI/c1-6-12-21(16(22)23-17(2,3)4)13-11-19-15(18-5)20-14-9-7-8-10-14;/h14H,6-13H2,1-5H3,(H2,18,19,20);1H. The van der Waals surface area contributed by atoms with E-state index in [1.165, 1.54) is 25.7 Å². The monoisotopic (exact) mass is 454 g/mol. The average Bonchev–Trinajstić information content (AvgIpc) is 2.96. The Kier molecular flexibility index (Phi) is 11.4. The van der Waals surface area contributed by atoms with Crippen LogP contribution in [0.2, 0.25) is 0 Å². The van der Waals surface area contributed by atoms with Crippen LogP contribution < -0.4 is 10.6 Å². The van der Waals surface area contributed by atoms with Crippen molar-refractivity contribution in [2.45, 2.75) is 71.4 Å². The van der Waals surface area contributed by atoms with Crippen molar-refractivity contribution < 1.29 is 9.53 Å². The molecule has 0 aromatic carbocycles. The van der Waals surface area contributed by atoms with Crippen molar-refractivity contribution in [2.75, 3.05) is 26.7 Å². The van der Waals surface area contributed by atoms with Crippen LogP contribution in [0.25, 0.3) is 0 Å². The van der Waals surface area contributed by atoms with E-state index in [4.69, 9.17) is 4.74 Å². The number of hydrogen-bond acceptors (Lipinski definition) is 3. The molecule has 0 saturated heterocycles. The zero-order valence-electron chi connectivity index (χ0n) is 15.9. The summed E-state index contributed by atoms with van der Waals surface area (Å²) < 4.78 is 5.46. The number of halogens is 1. The lowest BCUT2D eigenvalue weighted by Crippen LogP contribution is -2.46. The molecule has 0 aromatic rings. The molecular formula is C17H35IN4O2. The van der Waals surface area contributed by atoms with E-state index in [-0.39, 0.29) is 30.1 Å². The first-order valence-corrected chi connectivity index (χ1v) is 8.81. The normalized spacial score (nSPS) is 15.6. The fraction of sp³-hybridized carbons (Fsp3) is 0.882. The number of hydrogen-bond donors (Lipinski definition) is 2. The molecule has 1 saturated carbocycles. The number of rotatable bonds is 6.